The van der Waals surface area contributed by atoms with E-state index in [0.717, 1.165) is 11.8 Å². The maximum atomic E-state index is 10.3. The Hall–Kier alpha value is -0.400. The summed E-state index contributed by atoms with van der Waals surface area (Å²) in [4.78, 5) is 10.3. The molecule has 1 aliphatic rings. The molecule has 0 saturated heterocycles. The van der Waals surface area contributed by atoms with E-state index in [9.17, 15) is 4.91 Å². The highest BCUT2D eigenvalue weighted by molar-refractivity contribution is 4.69. The molecule has 1 saturated carbocycles. The summed E-state index contributed by atoms with van der Waals surface area (Å²) in [7, 11) is 0. The van der Waals surface area contributed by atoms with Gasteiger partial charge in [-0.2, -0.15) is 4.91 Å². The van der Waals surface area contributed by atoms with E-state index in [1.54, 1.807) is 0 Å². The van der Waals surface area contributed by atoms with Crippen LogP contribution in [0, 0.1) is 22.7 Å². The summed E-state index contributed by atoms with van der Waals surface area (Å²) in [6, 6.07) is 0. The van der Waals surface area contributed by atoms with Crippen molar-refractivity contribution in [2.75, 3.05) is 6.54 Å². The Morgan fingerprint density at radius 3 is 2.13 bits per heavy atom. The molecule has 0 aromatic heterocycles. The molecule has 0 aromatic carbocycles. The fourth-order valence-corrected chi connectivity index (χ4v) is 2.63. The lowest BCUT2D eigenvalue weighted by molar-refractivity contribution is 0.290. The maximum Gasteiger partial charge on any atom is 0.0839 e. The Morgan fingerprint density at radius 2 is 1.47 bits per heavy atom. The summed E-state index contributed by atoms with van der Waals surface area (Å²) in [5.74, 6) is 2.31. The molecule has 1 aliphatic carbocycles. The number of nitroso groups, excluding NO2 is 1. The van der Waals surface area contributed by atoms with Gasteiger partial charge in [-0.05, 0) is 30.6 Å². The van der Waals surface area contributed by atoms with E-state index >= 15 is 0 Å². The Morgan fingerprint density at radius 1 is 0.933 bits per heavy atom. The summed E-state index contributed by atoms with van der Waals surface area (Å²) in [6.07, 6.45) is 9.03. The topological polar surface area (TPSA) is 29.4 Å². The second kappa shape index (κ2) is 6.97. The second-order valence-corrected chi connectivity index (χ2v) is 5.35. The van der Waals surface area contributed by atoms with Gasteiger partial charge >= 0.3 is 0 Å². The molecule has 1 rings (SSSR count). The van der Waals surface area contributed by atoms with Crippen molar-refractivity contribution in [2.45, 2.75) is 58.8 Å². The molecule has 0 aromatic rings. The summed E-state index contributed by atoms with van der Waals surface area (Å²) in [6.45, 7) is 5.31. The molecular formula is C13H25NO. The fraction of sp³-hybridized carbons (Fsp3) is 1.00. The van der Waals surface area contributed by atoms with Crippen LogP contribution in [-0.2, 0) is 0 Å². The van der Waals surface area contributed by atoms with Gasteiger partial charge in [-0.3, -0.25) is 0 Å². The average Bonchev–Trinajstić information content (AvgIpc) is 2.23. The first-order valence-corrected chi connectivity index (χ1v) is 6.53. The Bertz CT molecular complexity index is 181. The monoisotopic (exact) mass is 211 g/mol. The largest absolute Gasteiger partial charge is 0.151 e. The first kappa shape index (κ1) is 12.7. The fourth-order valence-electron chi connectivity index (χ4n) is 2.63. The summed E-state index contributed by atoms with van der Waals surface area (Å²) in [5.41, 5.74) is 0. The Balaban J connectivity index is 2.37. The molecule has 2 heteroatoms. The third-order valence-corrected chi connectivity index (χ3v) is 4.10. The summed E-state index contributed by atoms with van der Waals surface area (Å²) < 4.78 is 0. The van der Waals surface area contributed by atoms with Crippen molar-refractivity contribution in [3.8, 4) is 0 Å². The van der Waals surface area contributed by atoms with Crippen LogP contribution in [0.3, 0.4) is 0 Å². The predicted octanol–water partition coefficient (Wildman–Crippen LogP) is 4.39. The smallest absolute Gasteiger partial charge is 0.0839 e. The van der Waals surface area contributed by atoms with Crippen LogP contribution in [-0.4, -0.2) is 6.54 Å². The number of hydrogen-bond acceptors (Lipinski definition) is 2. The molecule has 0 amide bonds. The minimum absolute atomic E-state index is 0.546. The van der Waals surface area contributed by atoms with Crippen molar-refractivity contribution in [1.82, 2.24) is 0 Å². The molecule has 0 spiro atoms. The normalized spacial score (nSPS) is 34.7. The maximum absolute atomic E-state index is 10.3. The van der Waals surface area contributed by atoms with Gasteiger partial charge in [-0.25, -0.2) is 0 Å². The number of nitrogens with zero attached hydrogens (tertiary/aromatic N) is 1. The van der Waals surface area contributed by atoms with Crippen LogP contribution in [0.5, 0.6) is 0 Å². The third-order valence-electron chi connectivity index (χ3n) is 4.10. The van der Waals surface area contributed by atoms with Gasteiger partial charge in [-0.15, -0.1) is 0 Å². The van der Waals surface area contributed by atoms with E-state index in [-0.39, 0.29) is 0 Å². The van der Waals surface area contributed by atoms with Gasteiger partial charge in [0.25, 0.3) is 0 Å². The molecule has 2 nitrogen and oxygen atoms in total. The lowest BCUT2D eigenvalue weighted by atomic mass is 9.83. The van der Waals surface area contributed by atoms with E-state index < -0.39 is 0 Å². The van der Waals surface area contributed by atoms with Crippen molar-refractivity contribution in [2.24, 2.45) is 22.9 Å². The van der Waals surface area contributed by atoms with Crippen molar-refractivity contribution in [1.29, 1.82) is 0 Å². The van der Waals surface area contributed by atoms with Crippen LogP contribution < -0.4 is 0 Å². The zero-order chi connectivity index (χ0) is 11.1. The molecule has 0 heterocycles. The quantitative estimate of drug-likeness (QED) is 0.623. The Kier molecular flexibility index (Phi) is 5.89. The molecule has 0 radical (unpaired) electrons. The van der Waals surface area contributed by atoms with Crippen LogP contribution in [0.4, 0.5) is 0 Å². The van der Waals surface area contributed by atoms with Crippen LogP contribution >= 0.6 is 0 Å². The molecule has 0 aliphatic heterocycles. The zero-order valence-electron chi connectivity index (χ0n) is 10.2. The van der Waals surface area contributed by atoms with E-state index in [1.807, 2.05) is 0 Å². The molecule has 3 atom stereocenters. The zero-order valence-corrected chi connectivity index (χ0v) is 10.2. The third kappa shape index (κ3) is 4.76. The highest BCUT2D eigenvalue weighted by atomic mass is 16.3. The standard InChI is InChI=1S/C13H25NO/c1-11-6-3-4-8-13(10-14-15)9-5-7-12(11)2/h11-13H,3-10H2,1-2H3. The van der Waals surface area contributed by atoms with Gasteiger partial charge < -0.3 is 0 Å². The lowest BCUT2D eigenvalue weighted by Gasteiger charge is -2.23. The van der Waals surface area contributed by atoms with Crippen molar-refractivity contribution < 1.29 is 0 Å². The van der Waals surface area contributed by atoms with Crippen LogP contribution in [0.2, 0.25) is 0 Å². The minimum Gasteiger partial charge on any atom is -0.151 e. The van der Waals surface area contributed by atoms with Gasteiger partial charge in [0.1, 0.15) is 0 Å². The highest BCUT2D eigenvalue weighted by Gasteiger charge is 2.16. The molecule has 1 fully saturated rings. The van der Waals surface area contributed by atoms with Gasteiger partial charge in [0.05, 0.1) is 6.54 Å². The summed E-state index contributed by atoms with van der Waals surface area (Å²) in [5, 5.41) is 3.07. The van der Waals surface area contributed by atoms with E-state index in [4.69, 9.17) is 0 Å². The van der Waals surface area contributed by atoms with Crippen LogP contribution in [0.25, 0.3) is 0 Å². The van der Waals surface area contributed by atoms with Gasteiger partial charge in [-0.1, -0.05) is 51.1 Å². The molecular weight excluding hydrogens is 186 g/mol. The van der Waals surface area contributed by atoms with Crippen molar-refractivity contribution in [3.05, 3.63) is 4.91 Å². The van der Waals surface area contributed by atoms with E-state index in [0.29, 0.717) is 12.5 Å². The molecule has 3 unspecified atom stereocenters. The first-order valence-electron chi connectivity index (χ1n) is 6.53. The summed E-state index contributed by atoms with van der Waals surface area (Å²) >= 11 is 0. The number of rotatable bonds is 2. The van der Waals surface area contributed by atoms with Gasteiger partial charge in [0.15, 0.2) is 0 Å². The Labute approximate surface area is 93.8 Å². The average molecular weight is 211 g/mol. The number of hydrogen-bond donors (Lipinski definition) is 0. The molecule has 15 heavy (non-hydrogen) atoms. The highest BCUT2D eigenvalue weighted by Crippen LogP contribution is 2.28. The predicted molar refractivity (Wildman–Crippen MR) is 64.8 cm³/mol. The van der Waals surface area contributed by atoms with Gasteiger partial charge in [0, 0.05) is 0 Å². The van der Waals surface area contributed by atoms with Crippen LogP contribution in [0.15, 0.2) is 5.18 Å². The minimum atomic E-state index is 0.546. The first-order chi connectivity index (χ1) is 7.24. The molecule has 0 N–H and O–H groups in total. The van der Waals surface area contributed by atoms with Crippen LogP contribution in [0.1, 0.15) is 58.8 Å². The van der Waals surface area contributed by atoms with E-state index in [2.05, 4.69) is 19.0 Å². The second-order valence-electron chi connectivity index (χ2n) is 5.35. The molecule has 88 valence electrons. The SMILES string of the molecule is CC1CCCCC(CN=O)CCCC1C. The molecule has 0 bridgehead atoms. The van der Waals surface area contributed by atoms with Crippen molar-refractivity contribution >= 4 is 0 Å². The van der Waals surface area contributed by atoms with Gasteiger partial charge in [0.2, 0.25) is 0 Å². The van der Waals surface area contributed by atoms with Crippen molar-refractivity contribution in [3.63, 3.8) is 0 Å². The van der Waals surface area contributed by atoms with E-state index in [1.165, 1.54) is 44.9 Å². The lowest BCUT2D eigenvalue weighted by Crippen LogP contribution is -2.12.